The number of rotatable bonds is 6. The number of nitrogens with zero attached hydrogens (tertiary/aromatic N) is 3. The van der Waals surface area contributed by atoms with Gasteiger partial charge in [-0.15, -0.1) is 11.3 Å². The summed E-state index contributed by atoms with van der Waals surface area (Å²) in [4.78, 5) is 21.9. The molecule has 1 aliphatic heterocycles. The number of furan rings is 1. The SMILES string of the molecule is COc1ccc2nc(SCC(=O)N3N=C(c4cccs4)C[C@@H]3c3ccco3)[nH]c2c1. The summed E-state index contributed by atoms with van der Waals surface area (Å²) >= 11 is 2.98. The van der Waals surface area contributed by atoms with E-state index in [1.54, 1.807) is 29.7 Å². The van der Waals surface area contributed by atoms with Crippen LogP contribution in [0.4, 0.5) is 0 Å². The number of nitrogens with one attached hydrogen (secondary N) is 1. The number of hydrazone groups is 1. The van der Waals surface area contributed by atoms with E-state index < -0.39 is 0 Å². The number of benzene rings is 1. The quantitative estimate of drug-likeness (QED) is 0.441. The summed E-state index contributed by atoms with van der Waals surface area (Å²) in [6.45, 7) is 0. The summed E-state index contributed by atoms with van der Waals surface area (Å²) in [6.07, 6.45) is 2.26. The van der Waals surface area contributed by atoms with Gasteiger partial charge in [-0.05, 0) is 35.7 Å². The number of hydrogen-bond donors (Lipinski definition) is 1. The van der Waals surface area contributed by atoms with Crippen LogP contribution in [0.2, 0.25) is 0 Å². The van der Waals surface area contributed by atoms with Gasteiger partial charge in [0.05, 0.1) is 40.7 Å². The number of thiophene rings is 1. The van der Waals surface area contributed by atoms with Gasteiger partial charge in [0.2, 0.25) is 0 Å². The highest BCUT2D eigenvalue weighted by Crippen LogP contribution is 2.35. The number of hydrogen-bond acceptors (Lipinski definition) is 7. The van der Waals surface area contributed by atoms with Crippen molar-refractivity contribution in [1.82, 2.24) is 15.0 Å². The fraction of sp³-hybridized carbons (Fsp3) is 0.190. The van der Waals surface area contributed by atoms with Crippen molar-refractivity contribution in [1.29, 1.82) is 0 Å². The standard InChI is InChI=1S/C21H18N4O3S2/c1-27-13-6-7-14-15(10-13)23-21(22-14)30-12-20(26)25-17(18-4-2-8-28-18)11-16(24-25)19-5-3-9-29-19/h2-10,17H,11-12H2,1H3,(H,22,23)/t17-/m1/s1. The first-order valence-corrected chi connectivity index (χ1v) is 11.2. The summed E-state index contributed by atoms with van der Waals surface area (Å²) < 4.78 is 10.8. The third-order valence-corrected chi connectivity index (χ3v) is 6.62. The lowest BCUT2D eigenvalue weighted by molar-refractivity contribution is -0.130. The van der Waals surface area contributed by atoms with Crippen LogP contribution in [0.5, 0.6) is 5.75 Å². The first-order valence-electron chi connectivity index (χ1n) is 9.34. The smallest absolute Gasteiger partial charge is 0.253 e. The molecule has 1 amide bonds. The van der Waals surface area contributed by atoms with Gasteiger partial charge in [0.25, 0.3) is 5.91 Å². The van der Waals surface area contributed by atoms with E-state index in [2.05, 4.69) is 15.1 Å². The Morgan fingerprint density at radius 3 is 3.07 bits per heavy atom. The molecule has 4 aromatic rings. The van der Waals surface area contributed by atoms with Gasteiger partial charge in [-0.25, -0.2) is 9.99 Å². The minimum absolute atomic E-state index is 0.0917. The lowest BCUT2D eigenvalue weighted by atomic mass is 10.1. The number of H-pyrrole nitrogens is 1. The van der Waals surface area contributed by atoms with Crippen LogP contribution in [0.3, 0.4) is 0 Å². The van der Waals surface area contributed by atoms with Gasteiger partial charge in [-0.3, -0.25) is 4.79 Å². The molecule has 7 nitrogen and oxygen atoms in total. The highest BCUT2D eigenvalue weighted by atomic mass is 32.2. The zero-order valence-corrected chi connectivity index (χ0v) is 17.7. The van der Waals surface area contributed by atoms with E-state index in [9.17, 15) is 4.79 Å². The Morgan fingerprint density at radius 2 is 2.30 bits per heavy atom. The number of aromatic amines is 1. The van der Waals surface area contributed by atoms with Gasteiger partial charge in [-0.2, -0.15) is 5.10 Å². The largest absolute Gasteiger partial charge is 0.497 e. The molecule has 9 heteroatoms. The molecule has 0 aliphatic carbocycles. The molecule has 0 saturated heterocycles. The molecule has 4 heterocycles. The lowest BCUT2D eigenvalue weighted by Crippen LogP contribution is -2.28. The molecule has 1 N–H and O–H groups in total. The van der Waals surface area contributed by atoms with Gasteiger partial charge in [0.15, 0.2) is 5.16 Å². The van der Waals surface area contributed by atoms with Gasteiger partial charge in [0.1, 0.15) is 17.6 Å². The summed E-state index contributed by atoms with van der Waals surface area (Å²) in [5.41, 5.74) is 2.61. The monoisotopic (exact) mass is 438 g/mol. The van der Waals surface area contributed by atoms with Crippen LogP contribution < -0.4 is 4.74 Å². The number of thioether (sulfide) groups is 1. The third-order valence-electron chi connectivity index (χ3n) is 4.84. The van der Waals surface area contributed by atoms with Crippen LogP contribution in [0.25, 0.3) is 11.0 Å². The molecule has 0 unspecified atom stereocenters. The van der Waals surface area contributed by atoms with E-state index in [0.29, 0.717) is 11.6 Å². The molecule has 0 bridgehead atoms. The molecule has 0 radical (unpaired) electrons. The Hall–Kier alpha value is -3.04. The maximum atomic E-state index is 13.1. The summed E-state index contributed by atoms with van der Waals surface area (Å²) in [5, 5.41) is 8.88. The van der Waals surface area contributed by atoms with E-state index in [4.69, 9.17) is 9.15 Å². The number of carbonyl (C=O) groups is 1. The van der Waals surface area contributed by atoms with E-state index >= 15 is 0 Å². The van der Waals surface area contributed by atoms with E-state index in [-0.39, 0.29) is 17.7 Å². The summed E-state index contributed by atoms with van der Waals surface area (Å²) in [6, 6.07) is 13.1. The van der Waals surface area contributed by atoms with Crippen LogP contribution in [0, 0.1) is 0 Å². The number of amides is 1. The zero-order valence-electron chi connectivity index (χ0n) is 16.1. The maximum absolute atomic E-state index is 13.1. The summed E-state index contributed by atoms with van der Waals surface area (Å²) in [7, 11) is 1.63. The molecule has 1 atom stereocenters. The first kappa shape index (κ1) is 19.0. The Kier molecular flexibility index (Phi) is 5.06. The van der Waals surface area contributed by atoms with Gasteiger partial charge in [-0.1, -0.05) is 17.8 Å². The average molecular weight is 439 g/mol. The van der Waals surface area contributed by atoms with Crippen molar-refractivity contribution < 1.29 is 13.9 Å². The van der Waals surface area contributed by atoms with Crippen LogP contribution in [-0.2, 0) is 4.79 Å². The van der Waals surface area contributed by atoms with Crippen LogP contribution in [0.1, 0.15) is 23.1 Å². The Bertz CT molecular complexity index is 1200. The fourth-order valence-electron chi connectivity index (χ4n) is 3.39. The molecular formula is C21H18N4O3S2. The molecule has 0 spiro atoms. The van der Waals surface area contributed by atoms with Crippen molar-refractivity contribution in [2.75, 3.05) is 12.9 Å². The van der Waals surface area contributed by atoms with Crippen molar-refractivity contribution >= 4 is 45.8 Å². The molecule has 0 saturated carbocycles. The number of fused-ring (bicyclic) bond motifs is 1. The number of aromatic nitrogens is 2. The van der Waals surface area contributed by atoms with Gasteiger partial charge >= 0.3 is 0 Å². The molecule has 152 valence electrons. The molecule has 3 aromatic heterocycles. The molecule has 1 aromatic carbocycles. The second-order valence-electron chi connectivity index (χ2n) is 6.71. The molecular weight excluding hydrogens is 420 g/mol. The average Bonchev–Trinajstić information content (AvgIpc) is 3.55. The predicted octanol–water partition coefficient (Wildman–Crippen LogP) is 4.70. The van der Waals surface area contributed by atoms with Crippen molar-refractivity contribution in [2.45, 2.75) is 17.6 Å². The van der Waals surface area contributed by atoms with Crippen LogP contribution in [0.15, 0.2) is 68.8 Å². The highest BCUT2D eigenvalue weighted by molar-refractivity contribution is 7.99. The van der Waals surface area contributed by atoms with Gasteiger partial charge in [0, 0.05) is 12.5 Å². The van der Waals surface area contributed by atoms with Gasteiger partial charge < -0.3 is 14.1 Å². The van der Waals surface area contributed by atoms with Crippen molar-refractivity contribution in [3.05, 3.63) is 64.7 Å². The minimum Gasteiger partial charge on any atom is -0.497 e. The number of carbonyl (C=O) groups excluding carboxylic acids is 1. The lowest BCUT2D eigenvalue weighted by Gasteiger charge is -2.19. The number of imidazole rings is 1. The highest BCUT2D eigenvalue weighted by Gasteiger charge is 2.35. The molecule has 1 aliphatic rings. The van der Waals surface area contributed by atoms with E-state index in [1.807, 2.05) is 47.8 Å². The topological polar surface area (TPSA) is 83.7 Å². The van der Waals surface area contributed by atoms with Crippen molar-refractivity contribution in [3.8, 4) is 5.75 Å². The zero-order chi connectivity index (χ0) is 20.5. The van der Waals surface area contributed by atoms with E-state index in [0.717, 1.165) is 33.1 Å². The summed E-state index contributed by atoms with van der Waals surface area (Å²) in [5.74, 6) is 1.62. The Balaban J connectivity index is 1.34. The van der Waals surface area contributed by atoms with Crippen LogP contribution in [-0.4, -0.2) is 39.5 Å². The Labute approximate surface area is 180 Å². The molecule has 0 fully saturated rings. The maximum Gasteiger partial charge on any atom is 0.253 e. The molecule has 30 heavy (non-hydrogen) atoms. The van der Waals surface area contributed by atoms with Crippen LogP contribution >= 0.6 is 23.1 Å². The second-order valence-corrected chi connectivity index (χ2v) is 8.62. The van der Waals surface area contributed by atoms with Crippen molar-refractivity contribution in [2.24, 2.45) is 5.10 Å². The predicted molar refractivity (Wildman–Crippen MR) is 117 cm³/mol. The normalized spacial score (nSPS) is 16.2. The Morgan fingerprint density at radius 1 is 1.37 bits per heavy atom. The first-order chi connectivity index (χ1) is 14.7. The minimum atomic E-state index is -0.231. The molecule has 5 rings (SSSR count). The van der Waals surface area contributed by atoms with Crippen molar-refractivity contribution in [3.63, 3.8) is 0 Å². The number of ether oxygens (including phenoxy) is 1. The van der Waals surface area contributed by atoms with E-state index in [1.165, 1.54) is 11.8 Å². The fourth-order valence-corrected chi connectivity index (χ4v) is 4.85. The number of methoxy groups -OCH3 is 1. The third kappa shape index (κ3) is 3.61. The second kappa shape index (κ2) is 8.00.